The number of nitriles is 1. The van der Waals surface area contributed by atoms with Crippen LogP contribution in [0.4, 0.5) is 96.4 Å². The Morgan fingerprint density at radius 2 is 1.06 bits per heavy atom. The number of para-hydroxylation sites is 4. The molecule has 0 saturated carbocycles. The zero-order chi connectivity index (χ0) is 60.6. The summed E-state index contributed by atoms with van der Waals surface area (Å²) in [6.45, 7) is 3.84. The first-order chi connectivity index (χ1) is 36.6. The van der Waals surface area contributed by atoms with Gasteiger partial charge in [0.05, 0.1) is 60.0 Å². The van der Waals surface area contributed by atoms with Crippen LogP contribution < -0.4 is 44.9 Å². The summed E-state index contributed by atoms with van der Waals surface area (Å²) in [5.41, 5.74) is 34.9. The zero-order valence-electron chi connectivity index (χ0n) is 41.3. The van der Waals surface area contributed by atoms with Gasteiger partial charge in [-0.2, -0.15) is 44.8 Å². The maximum atomic E-state index is 12.4. The highest BCUT2D eigenvalue weighted by Gasteiger charge is 2.44. The SMILES string of the molecule is CCc1cc([N+](=O)[O-])ccc1N.COc1cccc([N+](=O)[O-])c1N.Cc1cccc(Cl)c1N.N#Cc1cccc(Cl)c1N.Nc1c(C(F)(F)F)ccc(C(F)(F)F)c1[N+](=O)[O-].Nc1ccc(C(F)(F)F)cc1.Nc1ccccc1. The summed E-state index contributed by atoms with van der Waals surface area (Å²) < 4.78 is 115. The third kappa shape index (κ3) is 22.4. The largest absolute Gasteiger partial charge is 0.494 e. The molecular weight excluding hydrogens is 1110 g/mol. The van der Waals surface area contributed by atoms with Crippen molar-refractivity contribution in [3.8, 4) is 11.8 Å². The average molecular weight is 1160 g/mol. The molecule has 0 aliphatic carbocycles. The highest BCUT2D eigenvalue weighted by atomic mass is 35.5. The molecule has 422 valence electrons. The van der Waals surface area contributed by atoms with E-state index >= 15 is 0 Å². The van der Waals surface area contributed by atoms with E-state index in [1.165, 1.54) is 43.5 Å². The molecule has 0 bridgehead atoms. The zero-order valence-corrected chi connectivity index (χ0v) is 42.8. The minimum Gasteiger partial charge on any atom is -0.494 e. The van der Waals surface area contributed by atoms with Crippen molar-refractivity contribution >= 4 is 80.1 Å². The van der Waals surface area contributed by atoms with Gasteiger partial charge < -0.3 is 44.9 Å². The van der Waals surface area contributed by atoms with E-state index in [-0.39, 0.29) is 29.2 Å². The third-order valence-electron chi connectivity index (χ3n) is 9.67. The molecule has 0 aromatic heterocycles. The van der Waals surface area contributed by atoms with E-state index in [1.807, 2.05) is 62.4 Å². The maximum absolute atomic E-state index is 12.4. The number of rotatable bonds is 5. The predicted octanol–water partition coefficient (Wildman–Crippen LogP) is 13.7. The molecule has 7 aromatic carbocycles. The predicted molar refractivity (Wildman–Crippen MR) is 286 cm³/mol. The number of nitro groups is 3. The normalized spacial score (nSPS) is 10.3. The molecule has 14 N–H and O–H groups in total. The lowest BCUT2D eigenvalue weighted by atomic mass is 10.1. The van der Waals surface area contributed by atoms with Crippen LogP contribution in [0.25, 0.3) is 0 Å². The Labute approximate surface area is 454 Å². The van der Waals surface area contributed by atoms with Crippen LogP contribution >= 0.6 is 23.2 Å². The van der Waals surface area contributed by atoms with Crippen molar-refractivity contribution < 1.29 is 59.0 Å². The van der Waals surface area contributed by atoms with Gasteiger partial charge in [0.25, 0.3) is 11.4 Å². The lowest BCUT2D eigenvalue weighted by Gasteiger charge is -2.13. The van der Waals surface area contributed by atoms with Crippen LogP contribution in [0, 0.1) is 48.6 Å². The molecule has 7 rings (SSSR count). The fraction of sp³-hybridized carbons (Fsp3) is 0.140. The second kappa shape index (κ2) is 31.0. The summed E-state index contributed by atoms with van der Waals surface area (Å²) in [6, 6.07) is 35.3. The van der Waals surface area contributed by atoms with Gasteiger partial charge >= 0.3 is 24.2 Å². The standard InChI is InChI=1S/C8H4F6N2O2.C8H10N2O2.C7H5ClN2.C7H8ClN.C7H6F3N.C7H8N2O3.C6H7N/c9-7(10,11)3-1-2-4(8(12,13)14)6(5(3)15)16(17)18;1-2-6-5-7(10(11)12)3-4-8(6)9;8-6-3-1-2-5(4-9)7(6)10;1-5-3-2-4-6(8)7(5)9;8-7(9,10)5-1-3-6(11)4-2-5;1-12-6-4-2-3-5(7(6)8)9(10)11;7-6-4-2-1-3-5-6/h1-2H,15H2;3-5H,2,9H2,1H3;1-3H,10H2;2-4H,9H2,1H3;1-4H,11H2;2-4H,8H2,1H3;1-5H,7H2. The van der Waals surface area contributed by atoms with Gasteiger partial charge in [0, 0.05) is 35.3 Å². The number of nitrogens with zero attached hydrogens (tertiary/aromatic N) is 4. The van der Waals surface area contributed by atoms with E-state index in [4.69, 9.17) is 73.3 Å². The van der Waals surface area contributed by atoms with Crippen LogP contribution in [0.3, 0.4) is 0 Å². The maximum Gasteiger partial charge on any atom is 0.423 e. The number of nitrogen functional groups attached to an aromatic ring is 7. The molecule has 0 atom stereocenters. The second-order valence-corrected chi connectivity index (χ2v) is 15.9. The second-order valence-electron chi connectivity index (χ2n) is 15.1. The summed E-state index contributed by atoms with van der Waals surface area (Å²) in [7, 11) is 1.41. The van der Waals surface area contributed by atoms with Gasteiger partial charge in [-0.05, 0) is 103 Å². The van der Waals surface area contributed by atoms with E-state index in [0.717, 1.165) is 28.9 Å². The van der Waals surface area contributed by atoms with Gasteiger partial charge in [0.15, 0.2) is 5.69 Å². The first-order valence-corrected chi connectivity index (χ1v) is 22.4. The molecular formula is C50H48Cl2F9N11O7. The number of non-ortho nitro benzene ring substituents is 1. The molecule has 29 heteroatoms. The lowest BCUT2D eigenvalue weighted by Crippen LogP contribution is -2.15. The molecule has 0 radical (unpaired) electrons. The summed E-state index contributed by atoms with van der Waals surface area (Å²) in [5.74, 6) is 0.323. The smallest absolute Gasteiger partial charge is 0.423 e. The topological polar surface area (TPSA) is 345 Å². The Balaban J connectivity index is 0.000000468. The molecule has 0 aliphatic rings. The van der Waals surface area contributed by atoms with Crippen molar-refractivity contribution in [2.45, 2.75) is 38.8 Å². The number of methoxy groups -OCH3 is 1. The highest BCUT2D eigenvalue weighted by molar-refractivity contribution is 6.33. The molecule has 0 heterocycles. The fourth-order valence-electron chi connectivity index (χ4n) is 5.57. The van der Waals surface area contributed by atoms with Crippen LogP contribution in [-0.4, -0.2) is 21.9 Å². The summed E-state index contributed by atoms with van der Waals surface area (Å²) in [4.78, 5) is 28.6. The molecule has 0 fully saturated rings. The van der Waals surface area contributed by atoms with Crippen molar-refractivity contribution in [3.63, 3.8) is 0 Å². The Bertz CT molecular complexity index is 3170. The first kappa shape index (κ1) is 67.6. The molecule has 0 spiro atoms. The highest BCUT2D eigenvalue weighted by Crippen LogP contribution is 2.45. The molecule has 0 unspecified atom stereocenters. The van der Waals surface area contributed by atoms with Crippen LogP contribution in [0.1, 0.15) is 40.3 Å². The van der Waals surface area contributed by atoms with Crippen molar-refractivity contribution in [1.29, 1.82) is 5.26 Å². The number of alkyl halides is 9. The van der Waals surface area contributed by atoms with Gasteiger partial charge in [0.2, 0.25) is 0 Å². The quantitative estimate of drug-likeness (QED) is 0.0364. The number of benzene rings is 7. The van der Waals surface area contributed by atoms with Crippen LogP contribution in [0.15, 0.2) is 140 Å². The molecule has 7 aromatic rings. The number of ether oxygens (including phenoxy) is 1. The average Bonchev–Trinajstić information content (AvgIpc) is 3.37. The Hall–Kier alpha value is -9.42. The number of anilines is 7. The van der Waals surface area contributed by atoms with Gasteiger partial charge in [-0.3, -0.25) is 30.3 Å². The third-order valence-corrected chi connectivity index (χ3v) is 10.3. The lowest BCUT2D eigenvalue weighted by molar-refractivity contribution is -0.387. The Kier molecular flexibility index (Phi) is 26.5. The minimum atomic E-state index is -5.17. The molecule has 18 nitrogen and oxygen atoms in total. The number of aryl methyl sites for hydroxylation is 2. The molecule has 0 saturated heterocycles. The summed E-state index contributed by atoms with van der Waals surface area (Å²) in [6.07, 6.45) is -13.8. The van der Waals surface area contributed by atoms with Crippen molar-refractivity contribution in [2.24, 2.45) is 0 Å². The van der Waals surface area contributed by atoms with Crippen LogP contribution in [0.5, 0.6) is 5.75 Å². The van der Waals surface area contributed by atoms with E-state index in [2.05, 4.69) is 0 Å². The van der Waals surface area contributed by atoms with E-state index < -0.39 is 61.4 Å². The fourth-order valence-corrected chi connectivity index (χ4v) is 5.96. The minimum absolute atomic E-state index is 0.0166. The number of hydrogen-bond donors (Lipinski definition) is 7. The van der Waals surface area contributed by atoms with Gasteiger partial charge in [-0.15, -0.1) is 0 Å². The van der Waals surface area contributed by atoms with E-state index in [1.54, 1.807) is 36.4 Å². The van der Waals surface area contributed by atoms with Gasteiger partial charge in [-0.1, -0.05) is 72.6 Å². The van der Waals surface area contributed by atoms with Crippen molar-refractivity contribution in [1.82, 2.24) is 0 Å². The molecule has 0 amide bonds. The summed E-state index contributed by atoms with van der Waals surface area (Å²) >= 11 is 11.3. The monoisotopic (exact) mass is 1160 g/mol. The Morgan fingerprint density at radius 3 is 1.47 bits per heavy atom. The number of hydrogen-bond acceptors (Lipinski definition) is 15. The number of nitro benzene ring substituents is 3. The van der Waals surface area contributed by atoms with Crippen molar-refractivity contribution in [3.05, 3.63) is 213 Å². The van der Waals surface area contributed by atoms with E-state index in [0.29, 0.717) is 50.5 Å². The molecule has 0 aliphatic heterocycles. The number of halogens is 11. The summed E-state index contributed by atoms with van der Waals surface area (Å²) in [5, 5.41) is 40.6. The van der Waals surface area contributed by atoms with Gasteiger partial charge in [-0.25, -0.2) is 0 Å². The van der Waals surface area contributed by atoms with Gasteiger partial charge in [0.1, 0.15) is 23.1 Å². The van der Waals surface area contributed by atoms with Crippen LogP contribution in [0.2, 0.25) is 10.0 Å². The number of nitrogens with two attached hydrogens (primary N) is 7. The first-order valence-electron chi connectivity index (χ1n) is 21.6. The van der Waals surface area contributed by atoms with Crippen molar-refractivity contribution in [2.75, 3.05) is 47.2 Å². The molecule has 79 heavy (non-hydrogen) atoms. The van der Waals surface area contributed by atoms with Crippen LogP contribution in [-0.2, 0) is 24.9 Å². The Morgan fingerprint density at radius 1 is 0.557 bits per heavy atom. The van der Waals surface area contributed by atoms with E-state index in [9.17, 15) is 69.9 Å².